The highest BCUT2D eigenvalue weighted by Gasteiger charge is 2.40. The first kappa shape index (κ1) is 23.3. The minimum Gasteiger partial charge on any atom is -0.379 e. The Morgan fingerprint density at radius 1 is 0.939 bits per heavy atom. The van der Waals surface area contributed by atoms with Crippen molar-refractivity contribution in [2.45, 2.75) is 46.1 Å². The topological polar surface area (TPSA) is 27.6 Å². The minimum atomic E-state index is 0.0912. The van der Waals surface area contributed by atoms with Gasteiger partial charge in [-0.05, 0) is 36.6 Å². The first-order valence-corrected chi connectivity index (χ1v) is 12.0. The molecule has 0 fully saturated rings. The van der Waals surface area contributed by atoms with Crippen molar-refractivity contribution < 1.29 is 0 Å². The molecule has 2 radical (unpaired) electrons. The van der Waals surface area contributed by atoms with Gasteiger partial charge in [-0.15, -0.1) is 0 Å². The number of anilines is 1. The lowest BCUT2D eigenvalue weighted by atomic mass is 9.75. The number of nitrogens with one attached hydrogen (secondary N) is 1. The molecule has 0 aromatic heterocycles. The summed E-state index contributed by atoms with van der Waals surface area (Å²) < 4.78 is 0. The van der Waals surface area contributed by atoms with Crippen LogP contribution in [0.25, 0.3) is 0 Å². The Hall–Kier alpha value is -2.85. The van der Waals surface area contributed by atoms with Crippen LogP contribution in [0.5, 0.6) is 0 Å². The number of aliphatic imine (C=N–C) groups is 1. The van der Waals surface area contributed by atoms with Gasteiger partial charge in [0.15, 0.2) is 7.98 Å². The number of hydrogen-bond donors (Lipinski definition) is 1. The van der Waals surface area contributed by atoms with E-state index in [1.807, 2.05) is 16.9 Å². The minimum absolute atomic E-state index is 0.0912. The lowest BCUT2D eigenvalue weighted by Crippen LogP contribution is -2.39. The normalized spacial score (nSPS) is 17.5. The second-order valence-corrected chi connectivity index (χ2v) is 9.71. The molecule has 2 atom stereocenters. The molecule has 3 aromatic rings. The predicted octanol–water partition coefficient (Wildman–Crippen LogP) is 6.58. The molecule has 1 aliphatic rings. The van der Waals surface area contributed by atoms with Gasteiger partial charge in [0.1, 0.15) is 0 Å². The van der Waals surface area contributed by atoms with E-state index in [1.165, 1.54) is 5.56 Å². The fourth-order valence-electron chi connectivity index (χ4n) is 4.87. The molecule has 0 aliphatic carbocycles. The monoisotopic (exact) mass is 435 g/mol. The molecule has 0 amide bonds. The summed E-state index contributed by atoms with van der Waals surface area (Å²) in [6, 6.07) is 27.7. The predicted molar refractivity (Wildman–Crippen MR) is 142 cm³/mol. The highest BCUT2D eigenvalue weighted by atomic mass is 15.0. The lowest BCUT2D eigenvalue weighted by molar-refractivity contribution is 0.240. The third-order valence-corrected chi connectivity index (χ3v) is 6.98. The fourth-order valence-corrected chi connectivity index (χ4v) is 4.87. The van der Waals surface area contributed by atoms with Crippen molar-refractivity contribution in [1.29, 1.82) is 0 Å². The van der Waals surface area contributed by atoms with Gasteiger partial charge in [-0.1, -0.05) is 100 Å². The summed E-state index contributed by atoms with van der Waals surface area (Å²) in [6.45, 7) is 10.9. The number of para-hydroxylation sites is 1. The molecule has 0 saturated heterocycles. The molecule has 1 aliphatic heterocycles. The van der Waals surface area contributed by atoms with E-state index in [0.717, 1.165) is 47.7 Å². The van der Waals surface area contributed by atoms with Gasteiger partial charge in [-0.25, -0.2) is 4.99 Å². The Kier molecular flexibility index (Phi) is 7.04. The van der Waals surface area contributed by atoms with Crippen molar-refractivity contribution in [3.63, 3.8) is 0 Å². The summed E-state index contributed by atoms with van der Waals surface area (Å²) >= 11 is 0. The van der Waals surface area contributed by atoms with Crippen LogP contribution in [0.2, 0.25) is 0 Å². The molecule has 3 nitrogen and oxygen atoms in total. The zero-order valence-corrected chi connectivity index (χ0v) is 20.3. The average molecular weight is 435 g/mol. The Bertz CT molecular complexity index is 1050. The van der Waals surface area contributed by atoms with E-state index >= 15 is 0 Å². The van der Waals surface area contributed by atoms with Gasteiger partial charge in [0.2, 0.25) is 0 Å². The van der Waals surface area contributed by atoms with Crippen molar-refractivity contribution in [3.8, 4) is 0 Å². The van der Waals surface area contributed by atoms with Gasteiger partial charge in [-0.3, -0.25) is 0 Å². The molecule has 168 valence electrons. The summed E-state index contributed by atoms with van der Waals surface area (Å²) in [4.78, 5) is 7.13. The van der Waals surface area contributed by atoms with Crippen molar-refractivity contribution in [3.05, 3.63) is 95.6 Å². The van der Waals surface area contributed by atoms with Crippen LogP contribution in [-0.2, 0) is 0 Å². The van der Waals surface area contributed by atoms with Crippen molar-refractivity contribution >= 4 is 25.1 Å². The molecular formula is C29H34BN3. The Morgan fingerprint density at radius 2 is 1.55 bits per heavy atom. The van der Waals surface area contributed by atoms with E-state index in [0.29, 0.717) is 12.0 Å². The molecule has 0 spiro atoms. The van der Waals surface area contributed by atoms with Crippen LogP contribution < -0.4 is 5.32 Å². The van der Waals surface area contributed by atoms with Gasteiger partial charge in [0.25, 0.3) is 0 Å². The van der Waals surface area contributed by atoms with E-state index in [-0.39, 0.29) is 5.41 Å². The van der Waals surface area contributed by atoms with E-state index in [4.69, 9.17) is 13.0 Å². The van der Waals surface area contributed by atoms with E-state index < -0.39 is 0 Å². The molecule has 3 aromatic carbocycles. The van der Waals surface area contributed by atoms with Gasteiger partial charge in [0.05, 0.1) is 17.1 Å². The van der Waals surface area contributed by atoms with Gasteiger partial charge < -0.3 is 10.1 Å². The zero-order valence-electron chi connectivity index (χ0n) is 20.3. The van der Waals surface area contributed by atoms with Gasteiger partial charge in [0, 0.05) is 23.1 Å². The Balaban J connectivity index is 1.71. The summed E-state index contributed by atoms with van der Waals surface area (Å²) in [5.41, 5.74) is 6.81. The average Bonchev–Trinajstić information content (AvgIpc) is 3.20. The maximum Gasteiger partial charge on any atom is 0.182 e. The largest absolute Gasteiger partial charge is 0.379 e. The second kappa shape index (κ2) is 9.97. The van der Waals surface area contributed by atoms with Crippen molar-refractivity contribution in [2.24, 2.45) is 10.4 Å². The summed E-state index contributed by atoms with van der Waals surface area (Å²) in [6.07, 6.45) is 1.03. The smallest absolute Gasteiger partial charge is 0.182 e. The number of nitrogens with zero attached hydrogens (tertiary/aromatic N) is 2. The zero-order chi connectivity index (χ0) is 23.4. The lowest BCUT2D eigenvalue weighted by Gasteiger charge is -2.36. The SMILES string of the molecule is [B]N(CC)CCC(C)(C)C1Nc2c(N=C(c3ccccc3)c3ccccc3)cccc2C1C. The molecule has 1 N–H and O–H groups in total. The van der Waals surface area contributed by atoms with E-state index in [9.17, 15) is 0 Å². The standard InChI is InChI=1S/C29H34BN3/c1-5-33(30)20-19-29(3,4)28-21(2)24-17-12-18-25(27(24)32-28)31-26(22-13-8-6-9-14-22)23-15-10-7-11-16-23/h6-18,21,28,32H,5,19-20H2,1-4H3. The van der Waals surface area contributed by atoms with Crippen LogP contribution in [0.1, 0.15) is 56.7 Å². The Morgan fingerprint density at radius 3 is 2.12 bits per heavy atom. The molecule has 4 rings (SSSR count). The molecule has 4 heteroatoms. The second-order valence-electron chi connectivity index (χ2n) is 9.71. The fraction of sp³-hybridized carbons (Fsp3) is 0.345. The van der Waals surface area contributed by atoms with Crippen LogP contribution in [0.4, 0.5) is 11.4 Å². The number of hydrogen-bond acceptors (Lipinski definition) is 3. The highest BCUT2D eigenvalue weighted by Crippen LogP contribution is 2.48. The van der Waals surface area contributed by atoms with E-state index in [2.05, 4.69) is 99.7 Å². The maximum atomic E-state index is 6.08. The van der Waals surface area contributed by atoms with Crippen LogP contribution >= 0.6 is 0 Å². The number of rotatable bonds is 8. The third-order valence-electron chi connectivity index (χ3n) is 6.98. The van der Waals surface area contributed by atoms with Crippen molar-refractivity contribution in [2.75, 3.05) is 18.4 Å². The number of fused-ring (bicyclic) bond motifs is 1. The van der Waals surface area contributed by atoms with Crippen LogP contribution in [0, 0.1) is 5.41 Å². The summed E-state index contributed by atoms with van der Waals surface area (Å²) in [5, 5.41) is 3.88. The summed E-state index contributed by atoms with van der Waals surface area (Å²) in [7, 11) is 6.08. The summed E-state index contributed by atoms with van der Waals surface area (Å²) in [5.74, 6) is 0.398. The van der Waals surface area contributed by atoms with Crippen LogP contribution in [0.15, 0.2) is 83.9 Å². The Labute approximate surface area is 200 Å². The molecule has 33 heavy (non-hydrogen) atoms. The maximum absolute atomic E-state index is 6.08. The molecular weight excluding hydrogens is 401 g/mol. The van der Waals surface area contributed by atoms with E-state index in [1.54, 1.807) is 0 Å². The van der Waals surface area contributed by atoms with Crippen LogP contribution in [0.3, 0.4) is 0 Å². The molecule has 1 heterocycles. The molecule has 2 unspecified atom stereocenters. The quantitative estimate of drug-likeness (QED) is 0.320. The third kappa shape index (κ3) is 5.06. The van der Waals surface area contributed by atoms with Crippen LogP contribution in [-0.4, -0.2) is 37.6 Å². The van der Waals surface area contributed by atoms with Gasteiger partial charge in [-0.2, -0.15) is 0 Å². The molecule has 0 bridgehead atoms. The molecule has 0 saturated carbocycles. The number of benzene rings is 3. The van der Waals surface area contributed by atoms with Crippen molar-refractivity contribution in [1.82, 2.24) is 4.81 Å². The highest BCUT2D eigenvalue weighted by molar-refractivity contribution is 6.14. The first-order chi connectivity index (χ1) is 15.9. The van der Waals surface area contributed by atoms with Gasteiger partial charge >= 0.3 is 0 Å². The first-order valence-electron chi connectivity index (χ1n) is 12.0.